The lowest BCUT2D eigenvalue weighted by Crippen LogP contribution is -2.56. The summed E-state index contributed by atoms with van der Waals surface area (Å²) >= 11 is 0. The number of likely N-dealkylation sites (N-methyl/N-ethyl adjacent to an activating group) is 1. The number of carbonyl (C=O) groups excluding carboxylic acids is 1. The molecule has 1 aliphatic heterocycles. The molecule has 0 aliphatic carbocycles. The minimum atomic E-state index is -3.83. The van der Waals surface area contributed by atoms with Gasteiger partial charge in [0.25, 0.3) is 10.2 Å². The average Bonchev–Trinajstić information content (AvgIpc) is 3.05. The van der Waals surface area contributed by atoms with E-state index in [1.165, 1.54) is 7.05 Å². The highest BCUT2D eigenvalue weighted by Gasteiger charge is 2.41. The van der Waals surface area contributed by atoms with Crippen LogP contribution < -0.4 is 10.0 Å². The lowest BCUT2D eigenvalue weighted by atomic mass is 10.00. The normalized spacial score (nSPS) is 22.9. The summed E-state index contributed by atoms with van der Waals surface area (Å²) in [7, 11) is -2.43. The smallest absolute Gasteiger partial charge is 0.280 e. The molecule has 0 unspecified atom stereocenters. The molecule has 0 bridgehead atoms. The van der Waals surface area contributed by atoms with E-state index in [4.69, 9.17) is 0 Å². The topological polar surface area (TPSA) is 117 Å². The monoisotopic (exact) mass is 421 g/mol. The first-order chi connectivity index (χ1) is 13.6. The SMILES string of the molecule is CCn1cc([C@@H]2C[C@@H](C(=O)Nc3ccc([C@H](C)O)cc3)N(C)S(=O)(=O)N2)c(C)n1. The Morgan fingerprint density at radius 1 is 1.38 bits per heavy atom. The summed E-state index contributed by atoms with van der Waals surface area (Å²) in [4.78, 5) is 12.9. The highest BCUT2D eigenvalue weighted by atomic mass is 32.2. The predicted molar refractivity (Wildman–Crippen MR) is 109 cm³/mol. The van der Waals surface area contributed by atoms with Crippen LogP contribution in [0.15, 0.2) is 30.5 Å². The molecule has 1 aromatic heterocycles. The van der Waals surface area contributed by atoms with Gasteiger partial charge in [-0.2, -0.15) is 22.5 Å². The van der Waals surface area contributed by atoms with Gasteiger partial charge < -0.3 is 10.4 Å². The second kappa shape index (κ2) is 8.23. The second-order valence-corrected chi connectivity index (χ2v) is 9.02. The van der Waals surface area contributed by atoms with Crippen LogP contribution in [0.25, 0.3) is 0 Å². The van der Waals surface area contributed by atoms with Gasteiger partial charge in [0.1, 0.15) is 6.04 Å². The number of nitrogens with one attached hydrogen (secondary N) is 2. The van der Waals surface area contributed by atoms with Crippen molar-refractivity contribution < 1.29 is 18.3 Å². The lowest BCUT2D eigenvalue weighted by Gasteiger charge is -2.36. The number of carbonyl (C=O) groups is 1. The first-order valence-corrected chi connectivity index (χ1v) is 10.9. The minimum absolute atomic E-state index is 0.281. The molecule has 0 spiro atoms. The Balaban J connectivity index is 1.82. The number of hydrogen-bond acceptors (Lipinski definition) is 5. The number of hydrogen-bond donors (Lipinski definition) is 3. The van der Waals surface area contributed by atoms with Crippen molar-refractivity contribution in [3.63, 3.8) is 0 Å². The van der Waals surface area contributed by atoms with Gasteiger partial charge >= 0.3 is 0 Å². The molecule has 29 heavy (non-hydrogen) atoms. The van der Waals surface area contributed by atoms with E-state index in [0.29, 0.717) is 12.2 Å². The summed E-state index contributed by atoms with van der Waals surface area (Å²) in [6.45, 7) is 6.11. The van der Waals surface area contributed by atoms with Gasteiger partial charge in [-0.1, -0.05) is 12.1 Å². The zero-order valence-electron chi connectivity index (χ0n) is 17.0. The largest absolute Gasteiger partial charge is 0.389 e. The maximum atomic E-state index is 12.9. The van der Waals surface area contributed by atoms with E-state index in [-0.39, 0.29) is 6.42 Å². The Kier molecular flexibility index (Phi) is 6.08. The van der Waals surface area contributed by atoms with Crippen molar-refractivity contribution in [1.29, 1.82) is 0 Å². The second-order valence-electron chi connectivity index (χ2n) is 7.26. The third kappa shape index (κ3) is 4.50. The molecular weight excluding hydrogens is 394 g/mol. The molecular formula is C19H27N5O4S. The molecule has 1 fully saturated rings. The fourth-order valence-corrected chi connectivity index (χ4v) is 4.69. The Morgan fingerprint density at radius 2 is 2.03 bits per heavy atom. The van der Waals surface area contributed by atoms with E-state index in [1.807, 2.05) is 20.0 Å². The van der Waals surface area contributed by atoms with Crippen molar-refractivity contribution >= 4 is 21.8 Å². The van der Waals surface area contributed by atoms with Gasteiger partial charge in [0.2, 0.25) is 5.91 Å². The molecule has 3 N–H and O–H groups in total. The van der Waals surface area contributed by atoms with Crippen LogP contribution in [0.3, 0.4) is 0 Å². The molecule has 2 heterocycles. The molecule has 2 aromatic rings. The molecule has 1 saturated heterocycles. The van der Waals surface area contributed by atoms with Crippen LogP contribution in [0, 0.1) is 6.92 Å². The van der Waals surface area contributed by atoms with Gasteiger partial charge in [0, 0.05) is 31.0 Å². The van der Waals surface area contributed by atoms with Crippen molar-refractivity contribution in [3.05, 3.63) is 47.3 Å². The van der Waals surface area contributed by atoms with E-state index in [2.05, 4.69) is 15.1 Å². The number of aliphatic hydroxyl groups excluding tert-OH is 1. The van der Waals surface area contributed by atoms with Crippen molar-refractivity contribution in [2.45, 2.75) is 51.9 Å². The highest BCUT2D eigenvalue weighted by molar-refractivity contribution is 7.87. The molecule has 1 aliphatic rings. The molecule has 0 radical (unpaired) electrons. The van der Waals surface area contributed by atoms with Gasteiger partial charge in [-0.15, -0.1) is 0 Å². The van der Waals surface area contributed by atoms with E-state index in [9.17, 15) is 18.3 Å². The number of aromatic nitrogens is 2. The molecule has 158 valence electrons. The first-order valence-electron chi connectivity index (χ1n) is 9.50. The fourth-order valence-electron chi connectivity index (χ4n) is 3.42. The van der Waals surface area contributed by atoms with Crippen LogP contribution in [0.1, 0.15) is 49.2 Å². The van der Waals surface area contributed by atoms with Crippen molar-refractivity contribution in [2.75, 3.05) is 12.4 Å². The van der Waals surface area contributed by atoms with E-state index in [1.54, 1.807) is 35.9 Å². The van der Waals surface area contributed by atoms with Crippen LogP contribution in [0.4, 0.5) is 5.69 Å². The zero-order chi connectivity index (χ0) is 21.3. The number of aryl methyl sites for hydroxylation is 2. The van der Waals surface area contributed by atoms with Crippen LogP contribution in [0.2, 0.25) is 0 Å². The number of benzene rings is 1. The summed E-state index contributed by atoms with van der Waals surface area (Å²) in [5.41, 5.74) is 2.77. The summed E-state index contributed by atoms with van der Waals surface area (Å²) in [5.74, 6) is -0.409. The Hall–Kier alpha value is -2.27. The number of anilines is 1. The van der Waals surface area contributed by atoms with Gasteiger partial charge in [-0.25, -0.2) is 0 Å². The number of aliphatic hydroxyl groups is 1. The average molecular weight is 422 g/mol. The van der Waals surface area contributed by atoms with Crippen molar-refractivity contribution in [1.82, 2.24) is 18.8 Å². The molecule has 3 atom stereocenters. The molecule has 9 nitrogen and oxygen atoms in total. The molecule has 0 saturated carbocycles. The Labute approximate surface area is 170 Å². The molecule has 1 amide bonds. The number of rotatable bonds is 5. The Morgan fingerprint density at radius 3 is 2.59 bits per heavy atom. The van der Waals surface area contributed by atoms with E-state index >= 15 is 0 Å². The van der Waals surface area contributed by atoms with E-state index < -0.39 is 34.3 Å². The number of amides is 1. The first kappa shape index (κ1) is 21.4. The highest BCUT2D eigenvalue weighted by Crippen LogP contribution is 2.30. The lowest BCUT2D eigenvalue weighted by molar-refractivity contribution is -0.120. The summed E-state index contributed by atoms with van der Waals surface area (Å²) in [6, 6.07) is 5.39. The van der Waals surface area contributed by atoms with E-state index in [0.717, 1.165) is 21.1 Å². The molecule has 10 heteroatoms. The van der Waals surface area contributed by atoms with Crippen molar-refractivity contribution in [2.24, 2.45) is 0 Å². The Bertz CT molecular complexity index is 985. The maximum Gasteiger partial charge on any atom is 0.280 e. The van der Waals surface area contributed by atoms with Crippen LogP contribution in [-0.4, -0.2) is 46.6 Å². The van der Waals surface area contributed by atoms with Crippen molar-refractivity contribution in [3.8, 4) is 0 Å². The number of nitrogens with zero attached hydrogens (tertiary/aromatic N) is 3. The minimum Gasteiger partial charge on any atom is -0.389 e. The quantitative estimate of drug-likeness (QED) is 0.676. The summed E-state index contributed by atoms with van der Waals surface area (Å²) in [6.07, 6.45) is 1.50. The van der Waals surface area contributed by atoms with Crippen LogP contribution in [-0.2, 0) is 21.5 Å². The van der Waals surface area contributed by atoms with Gasteiger partial charge in [-0.3, -0.25) is 9.48 Å². The van der Waals surface area contributed by atoms with Gasteiger partial charge in [0.15, 0.2) is 0 Å². The maximum absolute atomic E-state index is 12.9. The molecule has 3 rings (SSSR count). The summed E-state index contributed by atoms with van der Waals surface area (Å²) < 4.78 is 30.7. The third-order valence-corrected chi connectivity index (χ3v) is 6.81. The molecule has 1 aromatic carbocycles. The summed E-state index contributed by atoms with van der Waals surface area (Å²) in [5, 5.41) is 16.7. The van der Waals surface area contributed by atoms with Gasteiger partial charge in [0.05, 0.1) is 17.8 Å². The van der Waals surface area contributed by atoms with Crippen LogP contribution in [0.5, 0.6) is 0 Å². The third-order valence-electron chi connectivity index (χ3n) is 5.22. The van der Waals surface area contributed by atoms with Crippen LogP contribution >= 0.6 is 0 Å². The zero-order valence-corrected chi connectivity index (χ0v) is 17.8. The fraction of sp³-hybridized carbons (Fsp3) is 0.474. The predicted octanol–water partition coefficient (Wildman–Crippen LogP) is 1.48. The standard InChI is InChI=1S/C19H27N5O4S/c1-5-24-11-16(12(2)21-24)17-10-18(23(4)29(27,28)22-17)19(26)20-15-8-6-14(7-9-15)13(3)25/h6-9,11,13,17-18,22,25H,5,10H2,1-4H3,(H,20,26)/t13-,17-,18-/m0/s1. The van der Waals surface area contributed by atoms with Gasteiger partial charge in [-0.05, 0) is 44.9 Å².